The van der Waals surface area contributed by atoms with Gasteiger partial charge in [0.1, 0.15) is 0 Å². The molecule has 0 spiro atoms. The van der Waals surface area contributed by atoms with Crippen molar-refractivity contribution in [1.29, 1.82) is 0 Å². The van der Waals surface area contributed by atoms with Gasteiger partial charge in [0.05, 0.1) is 22.8 Å². The van der Waals surface area contributed by atoms with Crippen LogP contribution in [0.1, 0.15) is 51.7 Å². The summed E-state index contributed by atoms with van der Waals surface area (Å²) in [4.78, 5) is 12.8. The summed E-state index contributed by atoms with van der Waals surface area (Å²) in [5, 5.41) is 2.50. The molecule has 5 rings (SSSR count). The smallest absolute Gasteiger partial charge is 0.0978 e. The predicted octanol–water partition coefficient (Wildman–Crippen LogP) is 8.12. The van der Waals surface area contributed by atoms with E-state index in [4.69, 9.17) is 9.98 Å². The van der Waals surface area contributed by atoms with E-state index in [1.165, 1.54) is 44.4 Å². The van der Waals surface area contributed by atoms with Gasteiger partial charge >= 0.3 is 0 Å². The van der Waals surface area contributed by atoms with Crippen LogP contribution in [-0.2, 0) is 0 Å². The molecule has 0 aromatic heterocycles. The highest BCUT2D eigenvalue weighted by Crippen LogP contribution is 2.38. The van der Waals surface area contributed by atoms with E-state index in [1.54, 1.807) is 0 Å². The number of anilines is 1. The fourth-order valence-corrected chi connectivity index (χ4v) is 5.27. The third kappa shape index (κ3) is 4.25. The second-order valence-corrected chi connectivity index (χ2v) is 10.4. The number of hydrogen-bond donors (Lipinski definition) is 0. The first kappa shape index (κ1) is 23.3. The summed E-state index contributed by atoms with van der Waals surface area (Å²) in [5.41, 5.74) is 10.4. The summed E-state index contributed by atoms with van der Waals surface area (Å²) in [6.07, 6.45) is 4.58. The SMILES string of the molecule is CC(C)C1=CCCC(C(C)C)=C1N=C1C(=Nc2ccc(N(C)C)cc2)c2cccc3cccc1c23. The summed E-state index contributed by atoms with van der Waals surface area (Å²) in [7, 11) is 4.12. The average Bonchev–Trinajstić information content (AvgIpc) is 3.13. The van der Waals surface area contributed by atoms with Crippen molar-refractivity contribution in [3.63, 3.8) is 0 Å². The van der Waals surface area contributed by atoms with Gasteiger partial charge in [0.2, 0.25) is 0 Å². The molecular formula is C32H35N3. The maximum Gasteiger partial charge on any atom is 0.0978 e. The maximum atomic E-state index is 5.49. The number of nitrogens with zero attached hydrogens (tertiary/aromatic N) is 3. The van der Waals surface area contributed by atoms with Gasteiger partial charge < -0.3 is 4.90 Å². The predicted molar refractivity (Wildman–Crippen MR) is 151 cm³/mol. The molecule has 0 unspecified atom stereocenters. The first-order valence-corrected chi connectivity index (χ1v) is 12.8. The normalized spacial score (nSPS) is 17.9. The molecule has 0 radical (unpaired) electrons. The van der Waals surface area contributed by atoms with Crippen LogP contribution >= 0.6 is 0 Å². The van der Waals surface area contributed by atoms with E-state index >= 15 is 0 Å². The molecular weight excluding hydrogens is 426 g/mol. The van der Waals surface area contributed by atoms with Gasteiger partial charge in [0, 0.05) is 36.3 Å². The van der Waals surface area contributed by atoms with Gasteiger partial charge in [-0.05, 0) is 65.5 Å². The molecule has 3 nitrogen and oxygen atoms in total. The molecule has 0 N–H and O–H groups in total. The largest absolute Gasteiger partial charge is 0.378 e. The maximum absolute atomic E-state index is 5.49. The lowest BCUT2D eigenvalue weighted by atomic mass is 9.84. The Kier molecular flexibility index (Phi) is 6.19. The van der Waals surface area contributed by atoms with Crippen molar-refractivity contribution in [2.24, 2.45) is 21.8 Å². The molecule has 3 aromatic carbocycles. The molecule has 0 bridgehead atoms. The Morgan fingerprint density at radius 3 is 1.94 bits per heavy atom. The van der Waals surface area contributed by atoms with E-state index in [0.29, 0.717) is 11.8 Å². The lowest BCUT2D eigenvalue weighted by Gasteiger charge is -2.24. The minimum atomic E-state index is 0.432. The molecule has 0 aliphatic heterocycles. The molecule has 2 aliphatic rings. The van der Waals surface area contributed by atoms with Gasteiger partial charge in [0.15, 0.2) is 0 Å². The second-order valence-electron chi connectivity index (χ2n) is 10.4. The van der Waals surface area contributed by atoms with Crippen molar-refractivity contribution in [3.8, 4) is 0 Å². The Labute approximate surface area is 209 Å². The van der Waals surface area contributed by atoms with Crippen molar-refractivity contribution in [1.82, 2.24) is 0 Å². The Morgan fingerprint density at radius 2 is 1.37 bits per heavy atom. The molecule has 0 amide bonds. The van der Waals surface area contributed by atoms with Crippen LogP contribution in [0, 0.1) is 11.8 Å². The van der Waals surface area contributed by atoms with E-state index in [1.807, 2.05) is 0 Å². The topological polar surface area (TPSA) is 28.0 Å². The Balaban J connectivity index is 1.75. The fourth-order valence-electron chi connectivity index (χ4n) is 5.27. The van der Waals surface area contributed by atoms with Crippen LogP contribution in [-0.4, -0.2) is 25.5 Å². The Bertz CT molecular complexity index is 1390. The van der Waals surface area contributed by atoms with E-state index < -0.39 is 0 Å². The van der Waals surface area contributed by atoms with Crippen LogP contribution in [0.3, 0.4) is 0 Å². The minimum absolute atomic E-state index is 0.432. The number of aliphatic imine (C=N–C) groups is 2. The molecule has 0 heterocycles. The van der Waals surface area contributed by atoms with E-state index in [0.717, 1.165) is 30.0 Å². The zero-order valence-corrected chi connectivity index (χ0v) is 21.8. The van der Waals surface area contributed by atoms with Crippen molar-refractivity contribution in [2.75, 3.05) is 19.0 Å². The van der Waals surface area contributed by atoms with Crippen molar-refractivity contribution < 1.29 is 0 Å². The zero-order chi connectivity index (χ0) is 24.7. The Hall–Kier alpha value is -3.46. The van der Waals surface area contributed by atoms with Crippen LogP contribution in [0.25, 0.3) is 10.8 Å². The number of hydrogen-bond acceptors (Lipinski definition) is 3. The fraction of sp³-hybridized carbons (Fsp3) is 0.312. The van der Waals surface area contributed by atoms with Crippen LogP contribution in [0.4, 0.5) is 11.4 Å². The molecule has 3 heteroatoms. The molecule has 0 fully saturated rings. The highest BCUT2D eigenvalue weighted by atomic mass is 15.1. The molecule has 35 heavy (non-hydrogen) atoms. The van der Waals surface area contributed by atoms with Gasteiger partial charge in [-0.25, -0.2) is 9.98 Å². The standard InChI is InChI=1S/C32H35N3/c1-20(2)25-12-9-13-26(21(3)4)30(25)34-32-28-15-8-11-22-10-7-14-27(29(22)28)31(32)33-23-16-18-24(19-17-23)35(5)6/h7-8,10-12,14-21H,9,13H2,1-6H3. The summed E-state index contributed by atoms with van der Waals surface area (Å²) in [6, 6.07) is 21.5. The van der Waals surface area contributed by atoms with E-state index in [2.05, 4.69) is 113 Å². The average molecular weight is 462 g/mol. The van der Waals surface area contributed by atoms with Gasteiger partial charge in [0.25, 0.3) is 0 Å². The first-order chi connectivity index (χ1) is 16.8. The van der Waals surface area contributed by atoms with Gasteiger partial charge in [-0.2, -0.15) is 0 Å². The van der Waals surface area contributed by atoms with Crippen molar-refractivity contribution in [3.05, 3.63) is 94.7 Å². The summed E-state index contributed by atoms with van der Waals surface area (Å²) in [5.74, 6) is 0.900. The minimum Gasteiger partial charge on any atom is -0.378 e. The number of allylic oxidation sites excluding steroid dienone is 3. The van der Waals surface area contributed by atoms with Crippen molar-refractivity contribution >= 4 is 33.6 Å². The summed E-state index contributed by atoms with van der Waals surface area (Å²) < 4.78 is 0. The highest BCUT2D eigenvalue weighted by molar-refractivity contribution is 6.61. The highest BCUT2D eigenvalue weighted by Gasteiger charge is 2.29. The van der Waals surface area contributed by atoms with Gasteiger partial charge in [-0.15, -0.1) is 0 Å². The molecule has 0 saturated carbocycles. The van der Waals surface area contributed by atoms with Crippen LogP contribution in [0.2, 0.25) is 0 Å². The molecule has 0 atom stereocenters. The first-order valence-electron chi connectivity index (χ1n) is 12.8. The van der Waals surface area contributed by atoms with E-state index in [-0.39, 0.29) is 0 Å². The van der Waals surface area contributed by atoms with Crippen LogP contribution in [0.5, 0.6) is 0 Å². The number of rotatable bonds is 5. The van der Waals surface area contributed by atoms with Crippen LogP contribution in [0.15, 0.2) is 93.6 Å². The van der Waals surface area contributed by atoms with Crippen LogP contribution < -0.4 is 4.90 Å². The molecule has 178 valence electrons. The summed E-state index contributed by atoms with van der Waals surface area (Å²) >= 11 is 0. The van der Waals surface area contributed by atoms with Gasteiger partial charge in [-0.1, -0.05) is 70.2 Å². The third-order valence-corrected chi connectivity index (χ3v) is 7.14. The monoisotopic (exact) mass is 461 g/mol. The lowest BCUT2D eigenvalue weighted by molar-refractivity contribution is 0.665. The quantitative estimate of drug-likeness (QED) is 0.377. The third-order valence-electron chi connectivity index (χ3n) is 7.14. The molecule has 0 saturated heterocycles. The van der Waals surface area contributed by atoms with Crippen molar-refractivity contribution in [2.45, 2.75) is 40.5 Å². The number of benzene rings is 3. The second kappa shape index (κ2) is 9.30. The lowest BCUT2D eigenvalue weighted by Crippen LogP contribution is -2.15. The van der Waals surface area contributed by atoms with E-state index in [9.17, 15) is 0 Å². The van der Waals surface area contributed by atoms with Gasteiger partial charge in [-0.3, -0.25) is 0 Å². The summed E-state index contributed by atoms with van der Waals surface area (Å²) in [6.45, 7) is 9.15. The molecule has 3 aromatic rings. The Morgan fingerprint density at radius 1 is 0.743 bits per heavy atom. The molecule has 2 aliphatic carbocycles. The zero-order valence-electron chi connectivity index (χ0n) is 21.8.